The third kappa shape index (κ3) is 3.15. The number of aliphatic hydroxyl groups is 1. The minimum Gasteiger partial charge on any atom is -0.396 e. The van der Waals surface area contributed by atoms with E-state index in [1.54, 1.807) is 0 Å². The predicted octanol–water partition coefficient (Wildman–Crippen LogP) is 1.73. The number of piperidine rings is 1. The highest BCUT2D eigenvalue weighted by atomic mass is 16.3. The largest absolute Gasteiger partial charge is 0.396 e. The van der Waals surface area contributed by atoms with E-state index in [-0.39, 0.29) is 6.61 Å². The van der Waals surface area contributed by atoms with Gasteiger partial charge in [-0.25, -0.2) is 9.97 Å². The van der Waals surface area contributed by atoms with E-state index in [4.69, 9.17) is 5.11 Å². The lowest BCUT2D eigenvalue weighted by Crippen LogP contribution is -2.37. The summed E-state index contributed by atoms with van der Waals surface area (Å²) in [4.78, 5) is 11.4. The number of anilines is 2. The molecule has 106 valence electrons. The van der Waals surface area contributed by atoms with Crippen LogP contribution in [0, 0.1) is 19.8 Å². The maximum Gasteiger partial charge on any atom is 0.137 e. The Morgan fingerprint density at radius 1 is 1.37 bits per heavy atom. The lowest BCUT2D eigenvalue weighted by molar-refractivity contribution is 0.244. The molecule has 0 radical (unpaired) electrons. The zero-order chi connectivity index (χ0) is 13.8. The van der Waals surface area contributed by atoms with Gasteiger partial charge in [0, 0.05) is 32.3 Å². The van der Waals surface area contributed by atoms with Gasteiger partial charge in [-0.15, -0.1) is 0 Å². The van der Waals surface area contributed by atoms with Gasteiger partial charge in [-0.2, -0.15) is 0 Å². The van der Waals surface area contributed by atoms with Crippen LogP contribution in [0.3, 0.4) is 0 Å². The summed E-state index contributed by atoms with van der Waals surface area (Å²) in [5.74, 6) is 3.33. The van der Waals surface area contributed by atoms with Crippen LogP contribution in [0.15, 0.2) is 0 Å². The minimum atomic E-state index is 0.280. The molecule has 1 aliphatic rings. The van der Waals surface area contributed by atoms with Crippen LogP contribution in [0.5, 0.6) is 0 Å². The van der Waals surface area contributed by atoms with E-state index in [1.807, 2.05) is 14.0 Å². The summed E-state index contributed by atoms with van der Waals surface area (Å²) in [6, 6.07) is 0. The van der Waals surface area contributed by atoms with Gasteiger partial charge in [-0.3, -0.25) is 0 Å². The molecule has 5 nitrogen and oxygen atoms in total. The molecule has 5 heteroatoms. The van der Waals surface area contributed by atoms with Crippen LogP contribution in [0.2, 0.25) is 0 Å². The van der Waals surface area contributed by atoms with Gasteiger partial charge < -0.3 is 15.3 Å². The van der Waals surface area contributed by atoms with Crippen molar-refractivity contribution in [2.75, 3.05) is 37.0 Å². The summed E-state index contributed by atoms with van der Waals surface area (Å²) < 4.78 is 0. The van der Waals surface area contributed by atoms with Crippen molar-refractivity contribution in [2.45, 2.75) is 33.1 Å². The van der Waals surface area contributed by atoms with Gasteiger partial charge in [0.1, 0.15) is 17.5 Å². The monoisotopic (exact) mass is 264 g/mol. The van der Waals surface area contributed by atoms with Gasteiger partial charge in [0.25, 0.3) is 0 Å². The molecular weight excluding hydrogens is 240 g/mol. The van der Waals surface area contributed by atoms with Crippen molar-refractivity contribution in [1.82, 2.24) is 9.97 Å². The van der Waals surface area contributed by atoms with Gasteiger partial charge in [-0.05, 0) is 39.0 Å². The van der Waals surface area contributed by atoms with E-state index in [0.29, 0.717) is 5.92 Å². The summed E-state index contributed by atoms with van der Waals surface area (Å²) in [6.45, 7) is 6.31. The first-order valence-corrected chi connectivity index (χ1v) is 7.04. The van der Waals surface area contributed by atoms with E-state index in [0.717, 1.165) is 42.5 Å². The highest BCUT2D eigenvalue weighted by molar-refractivity contribution is 5.58. The fourth-order valence-corrected chi connectivity index (χ4v) is 2.84. The molecule has 1 atom stereocenters. The third-order valence-corrected chi connectivity index (χ3v) is 3.82. The Kier molecular flexibility index (Phi) is 4.58. The van der Waals surface area contributed by atoms with Gasteiger partial charge in [0.15, 0.2) is 0 Å². The molecule has 0 aliphatic carbocycles. The molecule has 0 aromatic carbocycles. The van der Waals surface area contributed by atoms with Crippen LogP contribution in [-0.4, -0.2) is 41.8 Å². The molecule has 2 N–H and O–H groups in total. The molecular formula is C14H24N4O. The standard InChI is InChI=1S/C14H24N4O/c1-10-13(15-3)16-11(2)17-14(10)18-7-4-5-12(9-18)6-8-19/h12,19H,4-9H2,1-3H3,(H,15,16,17). The Hall–Kier alpha value is -1.36. The summed E-state index contributed by atoms with van der Waals surface area (Å²) >= 11 is 0. The molecule has 0 spiro atoms. The Bertz CT molecular complexity index is 434. The molecule has 1 saturated heterocycles. The SMILES string of the molecule is CNc1nc(C)nc(N2CCCC(CCO)C2)c1C. The molecule has 1 fully saturated rings. The second kappa shape index (κ2) is 6.19. The van der Waals surface area contributed by atoms with Gasteiger partial charge in [0.05, 0.1) is 0 Å². The molecule has 2 rings (SSSR count). The van der Waals surface area contributed by atoms with E-state index in [9.17, 15) is 0 Å². The number of aliphatic hydroxyl groups excluding tert-OH is 1. The Labute approximate surface area is 115 Å². The summed E-state index contributed by atoms with van der Waals surface area (Å²) in [6.07, 6.45) is 3.26. The van der Waals surface area contributed by atoms with Crippen LogP contribution in [-0.2, 0) is 0 Å². The predicted molar refractivity (Wildman–Crippen MR) is 77.7 cm³/mol. The molecule has 1 unspecified atom stereocenters. The first-order chi connectivity index (χ1) is 9.15. The van der Waals surface area contributed by atoms with Crippen molar-refractivity contribution in [3.05, 3.63) is 11.4 Å². The van der Waals surface area contributed by atoms with Crippen molar-refractivity contribution >= 4 is 11.6 Å². The number of rotatable bonds is 4. The summed E-state index contributed by atoms with van der Waals surface area (Å²) in [5, 5.41) is 12.2. The average Bonchev–Trinajstić information content (AvgIpc) is 2.41. The van der Waals surface area contributed by atoms with Crippen LogP contribution in [0.1, 0.15) is 30.7 Å². The lowest BCUT2D eigenvalue weighted by atomic mass is 9.95. The number of hydrogen-bond acceptors (Lipinski definition) is 5. The maximum absolute atomic E-state index is 9.10. The summed E-state index contributed by atoms with van der Waals surface area (Å²) in [5.41, 5.74) is 1.11. The second-order valence-corrected chi connectivity index (χ2v) is 5.28. The molecule has 0 saturated carbocycles. The minimum absolute atomic E-state index is 0.280. The van der Waals surface area contributed by atoms with Gasteiger partial charge in [0.2, 0.25) is 0 Å². The number of aromatic nitrogens is 2. The van der Waals surface area contributed by atoms with Crippen LogP contribution < -0.4 is 10.2 Å². The number of nitrogens with one attached hydrogen (secondary N) is 1. The van der Waals surface area contributed by atoms with Crippen molar-refractivity contribution in [3.8, 4) is 0 Å². The van der Waals surface area contributed by atoms with Crippen LogP contribution in [0.25, 0.3) is 0 Å². The molecule has 19 heavy (non-hydrogen) atoms. The zero-order valence-corrected chi connectivity index (χ0v) is 12.1. The van der Waals surface area contributed by atoms with Crippen LogP contribution in [0.4, 0.5) is 11.6 Å². The first kappa shape index (κ1) is 14.1. The summed E-state index contributed by atoms with van der Waals surface area (Å²) in [7, 11) is 1.89. The van der Waals surface area contributed by atoms with Crippen molar-refractivity contribution in [2.24, 2.45) is 5.92 Å². The van der Waals surface area contributed by atoms with E-state index < -0.39 is 0 Å². The topological polar surface area (TPSA) is 61.3 Å². The fraction of sp³-hybridized carbons (Fsp3) is 0.714. The average molecular weight is 264 g/mol. The van der Waals surface area contributed by atoms with E-state index in [1.165, 1.54) is 12.8 Å². The highest BCUT2D eigenvalue weighted by Gasteiger charge is 2.23. The maximum atomic E-state index is 9.10. The normalized spacial score (nSPS) is 19.6. The van der Waals surface area contributed by atoms with Crippen molar-refractivity contribution in [3.63, 3.8) is 0 Å². The smallest absolute Gasteiger partial charge is 0.137 e. The van der Waals surface area contributed by atoms with Crippen LogP contribution >= 0.6 is 0 Å². The molecule has 1 aliphatic heterocycles. The van der Waals surface area contributed by atoms with Gasteiger partial charge in [-0.1, -0.05) is 0 Å². The Morgan fingerprint density at radius 2 is 2.16 bits per heavy atom. The van der Waals surface area contributed by atoms with E-state index >= 15 is 0 Å². The lowest BCUT2D eigenvalue weighted by Gasteiger charge is -2.34. The second-order valence-electron chi connectivity index (χ2n) is 5.28. The molecule has 0 bridgehead atoms. The fourth-order valence-electron chi connectivity index (χ4n) is 2.84. The Balaban J connectivity index is 2.23. The van der Waals surface area contributed by atoms with Crippen molar-refractivity contribution < 1.29 is 5.11 Å². The van der Waals surface area contributed by atoms with Crippen molar-refractivity contribution in [1.29, 1.82) is 0 Å². The van der Waals surface area contributed by atoms with Gasteiger partial charge >= 0.3 is 0 Å². The quantitative estimate of drug-likeness (QED) is 0.867. The first-order valence-electron chi connectivity index (χ1n) is 7.04. The number of nitrogens with zero attached hydrogens (tertiary/aromatic N) is 3. The van der Waals surface area contributed by atoms with E-state index in [2.05, 4.69) is 27.1 Å². The molecule has 0 amide bonds. The molecule has 1 aromatic heterocycles. The molecule has 2 heterocycles. The molecule has 1 aromatic rings. The highest BCUT2D eigenvalue weighted by Crippen LogP contribution is 2.28. The Morgan fingerprint density at radius 3 is 2.84 bits per heavy atom. The zero-order valence-electron chi connectivity index (χ0n) is 12.1. The number of aryl methyl sites for hydroxylation is 1. The number of hydrogen-bond donors (Lipinski definition) is 2. The third-order valence-electron chi connectivity index (χ3n) is 3.82.